The molecule has 0 saturated carbocycles. The number of thiophene rings is 1. The van der Waals surface area contributed by atoms with Crippen LogP contribution in [0.15, 0.2) is 15.2 Å². The first kappa shape index (κ1) is 10.6. The molecule has 2 N–H and O–H groups in total. The molecule has 2 atom stereocenters. The van der Waals surface area contributed by atoms with Gasteiger partial charge in [-0.3, -0.25) is 0 Å². The molecule has 0 radical (unpaired) electrons. The summed E-state index contributed by atoms with van der Waals surface area (Å²) in [4.78, 5) is 0. The van der Waals surface area contributed by atoms with Crippen LogP contribution in [-0.4, -0.2) is 13.2 Å². The summed E-state index contributed by atoms with van der Waals surface area (Å²) in [5.74, 6) is 0.491. The third kappa shape index (κ3) is 2.37. The minimum atomic E-state index is 0.137. The molecule has 1 aliphatic rings. The monoisotopic (exact) mass is 275 g/mol. The number of rotatable bonds is 2. The highest BCUT2D eigenvalue weighted by Gasteiger charge is 2.22. The molecule has 1 saturated heterocycles. The minimum absolute atomic E-state index is 0.137. The van der Waals surface area contributed by atoms with Crippen LogP contribution in [0, 0.1) is 5.92 Å². The summed E-state index contributed by atoms with van der Waals surface area (Å²) >= 11 is 5.15. The molecule has 2 nitrogen and oxygen atoms in total. The van der Waals surface area contributed by atoms with E-state index in [1.54, 1.807) is 11.3 Å². The molecule has 0 spiro atoms. The maximum absolute atomic E-state index is 6.19. The van der Waals surface area contributed by atoms with E-state index in [1.165, 1.54) is 12.0 Å². The fourth-order valence-corrected chi connectivity index (χ4v) is 3.04. The molecule has 14 heavy (non-hydrogen) atoms. The van der Waals surface area contributed by atoms with Gasteiger partial charge in [0.1, 0.15) is 0 Å². The molecule has 2 unspecified atom stereocenters. The summed E-state index contributed by atoms with van der Waals surface area (Å²) in [6.07, 6.45) is 2.33. The molecule has 2 rings (SSSR count). The highest BCUT2D eigenvalue weighted by molar-refractivity contribution is 9.11. The normalized spacial score (nSPS) is 24.9. The summed E-state index contributed by atoms with van der Waals surface area (Å²) in [5.41, 5.74) is 7.42. The molecular formula is C10H14BrNOS. The first-order chi connectivity index (χ1) is 6.77. The van der Waals surface area contributed by atoms with Crippen LogP contribution in [0.2, 0.25) is 0 Å². The second kappa shape index (κ2) is 4.75. The zero-order valence-corrected chi connectivity index (χ0v) is 10.3. The Morgan fingerprint density at radius 1 is 1.64 bits per heavy atom. The van der Waals surface area contributed by atoms with Crippen LogP contribution in [0.5, 0.6) is 0 Å². The van der Waals surface area contributed by atoms with Crippen LogP contribution in [-0.2, 0) is 4.74 Å². The van der Waals surface area contributed by atoms with Crippen LogP contribution in [0.4, 0.5) is 0 Å². The lowest BCUT2D eigenvalue weighted by atomic mass is 9.91. The molecule has 1 fully saturated rings. The van der Waals surface area contributed by atoms with Gasteiger partial charge in [0.05, 0.1) is 10.4 Å². The second-order valence-electron chi connectivity index (χ2n) is 3.69. The van der Waals surface area contributed by atoms with Crippen LogP contribution in [0.25, 0.3) is 0 Å². The van der Waals surface area contributed by atoms with Crippen molar-refractivity contribution in [2.45, 2.75) is 18.9 Å². The first-order valence-electron chi connectivity index (χ1n) is 4.84. The molecule has 4 heteroatoms. The van der Waals surface area contributed by atoms with Gasteiger partial charge in [0.15, 0.2) is 0 Å². The molecule has 1 aromatic rings. The Bertz CT molecular complexity index is 296. The molecule has 1 aromatic heterocycles. The van der Waals surface area contributed by atoms with E-state index in [-0.39, 0.29) is 6.04 Å². The van der Waals surface area contributed by atoms with Crippen LogP contribution in [0.3, 0.4) is 0 Å². The minimum Gasteiger partial charge on any atom is -0.381 e. The maximum atomic E-state index is 6.19. The third-order valence-corrected chi connectivity index (χ3v) is 4.20. The van der Waals surface area contributed by atoms with Crippen molar-refractivity contribution in [3.05, 3.63) is 20.8 Å². The predicted octanol–water partition coefficient (Wildman–Crippen LogP) is 2.94. The van der Waals surface area contributed by atoms with E-state index in [0.29, 0.717) is 5.92 Å². The SMILES string of the molecule is NC(c1csc(Br)c1)C1CCCOC1. The lowest BCUT2D eigenvalue weighted by Crippen LogP contribution is -2.28. The molecule has 2 heterocycles. The average molecular weight is 276 g/mol. The lowest BCUT2D eigenvalue weighted by molar-refractivity contribution is 0.0448. The zero-order valence-electron chi connectivity index (χ0n) is 7.91. The summed E-state index contributed by atoms with van der Waals surface area (Å²) in [6, 6.07) is 2.25. The van der Waals surface area contributed by atoms with Gasteiger partial charge in [-0.15, -0.1) is 11.3 Å². The standard InChI is InChI=1S/C10H14BrNOS/c11-9-4-8(6-14-9)10(12)7-2-1-3-13-5-7/h4,6-7,10H,1-3,5,12H2. The predicted molar refractivity (Wildman–Crippen MR) is 62.5 cm³/mol. The Labute approximate surface area is 96.6 Å². The van der Waals surface area contributed by atoms with E-state index >= 15 is 0 Å². The maximum Gasteiger partial charge on any atom is 0.0701 e. The van der Waals surface area contributed by atoms with Crippen molar-refractivity contribution in [3.8, 4) is 0 Å². The first-order valence-corrected chi connectivity index (χ1v) is 6.52. The van der Waals surface area contributed by atoms with E-state index in [9.17, 15) is 0 Å². The topological polar surface area (TPSA) is 35.2 Å². The van der Waals surface area contributed by atoms with E-state index in [4.69, 9.17) is 10.5 Å². The summed E-state index contributed by atoms with van der Waals surface area (Å²) in [7, 11) is 0. The lowest BCUT2D eigenvalue weighted by Gasteiger charge is -2.27. The van der Waals surface area contributed by atoms with Crippen molar-refractivity contribution in [1.82, 2.24) is 0 Å². The smallest absolute Gasteiger partial charge is 0.0701 e. The van der Waals surface area contributed by atoms with Gasteiger partial charge >= 0.3 is 0 Å². The van der Waals surface area contributed by atoms with Crippen molar-refractivity contribution < 1.29 is 4.74 Å². The fourth-order valence-electron chi connectivity index (χ4n) is 1.82. The summed E-state index contributed by atoms with van der Waals surface area (Å²) in [6.45, 7) is 1.71. The summed E-state index contributed by atoms with van der Waals surface area (Å²) < 4.78 is 6.60. The average Bonchev–Trinajstić information content (AvgIpc) is 2.65. The highest BCUT2D eigenvalue weighted by atomic mass is 79.9. The quantitative estimate of drug-likeness (QED) is 0.901. The van der Waals surface area contributed by atoms with Gasteiger partial charge < -0.3 is 10.5 Å². The summed E-state index contributed by atoms with van der Waals surface area (Å²) in [5, 5.41) is 2.13. The van der Waals surface area contributed by atoms with Crippen molar-refractivity contribution in [1.29, 1.82) is 0 Å². The molecule has 0 amide bonds. The van der Waals surface area contributed by atoms with Gasteiger partial charge in [-0.25, -0.2) is 0 Å². The van der Waals surface area contributed by atoms with Gasteiger partial charge in [0, 0.05) is 18.6 Å². The Hall–Kier alpha value is 0.1000. The van der Waals surface area contributed by atoms with E-state index < -0.39 is 0 Å². The van der Waals surface area contributed by atoms with E-state index in [0.717, 1.165) is 23.4 Å². The molecule has 0 bridgehead atoms. The van der Waals surface area contributed by atoms with Crippen molar-refractivity contribution in [3.63, 3.8) is 0 Å². The number of hydrogen-bond donors (Lipinski definition) is 1. The largest absolute Gasteiger partial charge is 0.381 e. The van der Waals surface area contributed by atoms with Gasteiger partial charge in [-0.05, 0) is 45.8 Å². The van der Waals surface area contributed by atoms with Gasteiger partial charge in [-0.2, -0.15) is 0 Å². The van der Waals surface area contributed by atoms with Crippen molar-refractivity contribution in [2.75, 3.05) is 13.2 Å². The highest BCUT2D eigenvalue weighted by Crippen LogP contribution is 2.31. The van der Waals surface area contributed by atoms with Crippen LogP contribution >= 0.6 is 27.3 Å². The second-order valence-corrected chi connectivity index (χ2v) is 5.98. The van der Waals surface area contributed by atoms with Gasteiger partial charge in [0.2, 0.25) is 0 Å². The number of halogens is 1. The Balaban J connectivity index is 2.03. The Kier molecular flexibility index (Phi) is 3.60. The van der Waals surface area contributed by atoms with Crippen LogP contribution < -0.4 is 5.73 Å². The molecule has 0 aromatic carbocycles. The van der Waals surface area contributed by atoms with E-state index in [2.05, 4.69) is 27.4 Å². The molecular weight excluding hydrogens is 262 g/mol. The molecule has 1 aliphatic heterocycles. The van der Waals surface area contributed by atoms with Crippen molar-refractivity contribution >= 4 is 27.3 Å². The molecule has 78 valence electrons. The number of hydrogen-bond acceptors (Lipinski definition) is 3. The van der Waals surface area contributed by atoms with Crippen molar-refractivity contribution in [2.24, 2.45) is 11.7 Å². The van der Waals surface area contributed by atoms with Gasteiger partial charge in [-0.1, -0.05) is 0 Å². The Morgan fingerprint density at radius 3 is 3.07 bits per heavy atom. The number of ether oxygens (including phenoxy) is 1. The number of nitrogens with two attached hydrogens (primary N) is 1. The third-order valence-electron chi connectivity index (χ3n) is 2.68. The molecule has 0 aliphatic carbocycles. The zero-order chi connectivity index (χ0) is 9.97. The van der Waals surface area contributed by atoms with Gasteiger partial charge in [0.25, 0.3) is 0 Å². The van der Waals surface area contributed by atoms with E-state index in [1.807, 2.05) is 0 Å². The fraction of sp³-hybridized carbons (Fsp3) is 0.600. The Morgan fingerprint density at radius 2 is 2.50 bits per heavy atom. The van der Waals surface area contributed by atoms with Crippen LogP contribution in [0.1, 0.15) is 24.4 Å².